The summed E-state index contributed by atoms with van der Waals surface area (Å²) in [5.41, 5.74) is 2.06. The zero-order valence-electron chi connectivity index (χ0n) is 14.0. The minimum absolute atomic E-state index is 0.151. The van der Waals surface area contributed by atoms with Crippen molar-refractivity contribution in [2.24, 2.45) is 0 Å². The fraction of sp³-hybridized carbons (Fsp3) is 0.158. The van der Waals surface area contributed by atoms with E-state index in [9.17, 15) is 14.7 Å². The number of methoxy groups -OCH3 is 1. The van der Waals surface area contributed by atoms with Crippen LogP contribution in [-0.4, -0.2) is 35.1 Å². The van der Waals surface area contributed by atoms with E-state index in [0.717, 1.165) is 16.5 Å². The van der Waals surface area contributed by atoms with E-state index in [0.29, 0.717) is 15.8 Å². The number of halogens is 1. The number of carbonyl (C=O) groups excluding carboxylic acids is 1. The Morgan fingerprint density at radius 1 is 1.27 bits per heavy atom. The highest BCUT2D eigenvalue weighted by Gasteiger charge is 2.23. The number of nitrogens with one attached hydrogen (secondary N) is 2. The van der Waals surface area contributed by atoms with Crippen LogP contribution in [0.3, 0.4) is 0 Å². The van der Waals surface area contributed by atoms with Crippen molar-refractivity contribution in [1.29, 1.82) is 0 Å². The zero-order chi connectivity index (χ0) is 18.7. The first-order valence-electron chi connectivity index (χ1n) is 7.92. The molecule has 0 bridgehead atoms. The van der Waals surface area contributed by atoms with Crippen molar-refractivity contribution in [2.45, 2.75) is 12.5 Å². The standard InChI is InChI=1S/C19H17BrN2O4/c1-26-12-6-7-16-14(9-12)11(10-21-16)8-17(19(24)25)22-18(23)13-4-2-3-5-15(13)20/h2-7,9-10,17,21H,8H2,1H3,(H,22,23)(H,24,25)/t17-/m0/s1. The lowest BCUT2D eigenvalue weighted by Crippen LogP contribution is -2.42. The Labute approximate surface area is 158 Å². The Bertz CT molecular complexity index is 967. The Hall–Kier alpha value is -2.80. The van der Waals surface area contributed by atoms with Crippen LogP contribution in [-0.2, 0) is 11.2 Å². The summed E-state index contributed by atoms with van der Waals surface area (Å²) in [5, 5.41) is 13.0. The summed E-state index contributed by atoms with van der Waals surface area (Å²) < 4.78 is 5.84. The fourth-order valence-corrected chi connectivity index (χ4v) is 3.22. The number of benzene rings is 2. The third-order valence-corrected chi connectivity index (χ3v) is 4.81. The SMILES string of the molecule is COc1ccc2[nH]cc(C[C@H](NC(=O)c3ccccc3Br)C(=O)O)c2c1. The molecule has 0 unspecified atom stereocenters. The lowest BCUT2D eigenvalue weighted by molar-refractivity contribution is -0.139. The van der Waals surface area contributed by atoms with Crippen LogP contribution in [0, 0.1) is 0 Å². The van der Waals surface area contributed by atoms with Gasteiger partial charge in [-0.2, -0.15) is 0 Å². The number of ether oxygens (including phenoxy) is 1. The topological polar surface area (TPSA) is 91.4 Å². The average molecular weight is 417 g/mol. The second kappa shape index (κ2) is 7.61. The number of aliphatic carboxylic acids is 1. The molecule has 26 heavy (non-hydrogen) atoms. The Morgan fingerprint density at radius 3 is 2.73 bits per heavy atom. The van der Waals surface area contributed by atoms with Crippen molar-refractivity contribution < 1.29 is 19.4 Å². The molecule has 0 aliphatic heterocycles. The zero-order valence-corrected chi connectivity index (χ0v) is 15.5. The highest BCUT2D eigenvalue weighted by molar-refractivity contribution is 9.10. The molecule has 3 N–H and O–H groups in total. The van der Waals surface area contributed by atoms with Gasteiger partial charge in [0.15, 0.2) is 0 Å². The number of carboxylic acid groups (broad SMARTS) is 1. The summed E-state index contributed by atoms with van der Waals surface area (Å²) in [5.74, 6) is -0.854. The van der Waals surface area contributed by atoms with E-state index in [1.807, 2.05) is 18.2 Å². The van der Waals surface area contributed by atoms with Gasteiger partial charge in [0.2, 0.25) is 0 Å². The van der Waals surface area contributed by atoms with Crippen LogP contribution in [0.2, 0.25) is 0 Å². The third kappa shape index (κ3) is 3.72. The first-order valence-corrected chi connectivity index (χ1v) is 8.71. The van der Waals surface area contributed by atoms with Gasteiger partial charge in [0, 0.05) is 28.0 Å². The fourth-order valence-electron chi connectivity index (χ4n) is 2.75. The van der Waals surface area contributed by atoms with Crippen molar-refractivity contribution in [1.82, 2.24) is 10.3 Å². The van der Waals surface area contributed by atoms with Crippen molar-refractivity contribution >= 4 is 38.7 Å². The molecule has 0 aliphatic rings. The van der Waals surface area contributed by atoms with Crippen LogP contribution in [0.5, 0.6) is 5.75 Å². The van der Waals surface area contributed by atoms with Crippen LogP contribution in [0.4, 0.5) is 0 Å². The van der Waals surface area contributed by atoms with Crippen LogP contribution in [0.15, 0.2) is 53.1 Å². The summed E-state index contributed by atoms with van der Waals surface area (Å²) in [6.07, 6.45) is 1.91. The number of aromatic amines is 1. The van der Waals surface area contributed by atoms with Gasteiger partial charge >= 0.3 is 5.97 Å². The summed E-state index contributed by atoms with van der Waals surface area (Å²) in [4.78, 5) is 27.2. The summed E-state index contributed by atoms with van der Waals surface area (Å²) in [7, 11) is 1.57. The van der Waals surface area contributed by atoms with Crippen LogP contribution < -0.4 is 10.1 Å². The molecule has 134 valence electrons. The van der Waals surface area contributed by atoms with Gasteiger partial charge in [-0.1, -0.05) is 12.1 Å². The molecule has 0 spiro atoms. The molecule has 1 amide bonds. The van der Waals surface area contributed by atoms with E-state index in [-0.39, 0.29) is 6.42 Å². The molecule has 0 aliphatic carbocycles. The number of carboxylic acids is 1. The van der Waals surface area contributed by atoms with Gasteiger partial charge in [-0.3, -0.25) is 4.79 Å². The Kier molecular flexibility index (Phi) is 5.27. The first-order chi connectivity index (χ1) is 12.5. The van der Waals surface area contributed by atoms with Crippen molar-refractivity contribution in [3.8, 4) is 5.75 Å². The van der Waals surface area contributed by atoms with E-state index < -0.39 is 17.9 Å². The summed E-state index contributed by atoms with van der Waals surface area (Å²) in [6, 6.07) is 11.4. The molecule has 0 saturated carbocycles. The molecule has 1 atom stereocenters. The van der Waals surface area contributed by atoms with Crippen LogP contribution >= 0.6 is 15.9 Å². The number of fused-ring (bicyclic) bond motifs is 1. The molecule has 0 radical (unpaired) electrons. The monoisotopic (exact) mass is 416 g/mol. The molecule has 2 aromatic carbocycles. The number of aromatic nitrogens is 1. The van der Waals surface area contributed by atoms with Crippen molar-refractivity contribution in [3.05, 3.63) is 64.3 Å². The molecule has 1 aromatic heterocycles. The predicted octanol–water partition coefficient (Wildman–Crippen LogP) is 3.36. The number of amides is 1. The largest absolute Gasteiger partial charge is 0.497 e. The van der Waals surface area contributed by atoms with Gasteiger partial charge < -0.3 is 20.1 Å². The molecule has 3 aromatic rings. The second-order valence-electron chi connectivity index (χ2n) is 5.77. The number of hydrogen-bond acceptors (Lipinski definition) is 3. The molecule has 6 nitrogen and oxygen atoms in total. The maximum Gasteiger partial charge on any atom is 0.326 e. The molecule has 3 rings (SSSR count). The van der Waals surface area contributed by atoms with Gasteiger partial charge in [-0.05, 0) is 51.8 Å². The van der Waals surface area contributed by atoms with E-state index in [4.69, 9.17) is 4.74 Å². The van der Waals surface area contributed by atoms with Crippen molar-refractivity contribution in [2.75, 3.05) is 7.11 Å². The van der Waals surface area contributed by atoms with Gasteiger partial charge in [0.25, 0.3) is 5.91 Å². The minimum Gasteiger partial charge on any atom is -0.497 e. The first kappa shape index (κ1) is 18.0. The van der Waals surface area contributed by atoms with E-state index in [2.05, 4.69) is 26.2 Å². The number of carbonyl (C=O) groups is 2. The molecule has 1 heterocycles. The third-order valence-electron chi connectivity index (χ3n) is 4.12. The summed E-state index contributed by atoms with van der Waals surface area (Å²) in [6.45, 7) is 0. The van der Waals surface area contributed by atoms with Gasteiger partial charge in [0.05, 0.1) is 12.7 Å². The maximum absolute atomic E-state index is 12.4. The number of hydrogen-bond donors (Lipinski definition) is 3. The minimum atomic E-state index is -1.09. The number of H-pyrrole nitrogens is 1. The van der Waals surface area contributed by atoms with Gasteiger partial charge in [-0.25, -0.2) is 4.79 Å². The van der Waals surface area contributed by atoms with Gasteiger partial charge in [-0.15, -0.1) is 0 Å². The second-order valence-corrected chi connectivity index (χ2v) is 6.63. The van der Waals surface area contributed by atoms with E-state index >= 15 is 0 Å². The smallest absolute Gasteiger partial charge is 0.326 e. The summed E-state index contributed by atoms with van der Waals surface area (Å²) >= 11 is 3.31. The van der Waals surface area contributed by atoms with Gasteiger partial charge in [0.1, 0.15) is 11.8 Å². The quantitative estimate of drug-likeness (QED) is 0.574. The normalized spacial score (nSPS) is 11.9. The number of rotatable bonds is 6. The average Bonchev–Trinajstić information content (AvgIpc) is 3.03. The highest BCUT2D eigenvalue weighted by Crippen LogP contribution is 2.25. The van der Waals surface area contributed by atoms with E-state index in [1.54, 1.807) is 37.6 Å². The highest BCUT2D eigenvalue weighted by atomic mass is 79.9. The predicted molar refractivity (Wildman–Crippen MR) is 102 cm³/mol. The maximum atomic E-state index is 12.4. The molecule has 7 heteroatoms. The molecule has 0 saturated heterocycles. The molecular weight excluding hydrogens is 400 g/mol. The lowest BCUT2D eigenvalue weighted by Gasteiger charge is -2.15. The lowest BCUT2D eigenvalue weighted by atomic mass is 10.0. The van der Waals surface area contributed by atoms with Crippen molar-refractivity contribution in [3.63, 3.8) is 0 Å². The molecule has 0 fully saturated rings. The Balaban J connectivity index is 1.84. The Morgan fingerprint density at radius 2 is 2.04 bits per heavy atom. The van der Waals surface area contributed by atoms with Crippen LogP contribution in [0.1, 0.15) is 15.9 Å². The van der Waals surface area contributed by atoms with E-state index in [1.165, 1.54) is 0 Å². The van der Waals surface area contributed by atoms with Crippen LogP contribution in [0.25, 0.3) is 10.9 Å². The molecular formula is C19H17BrN2O4.